The Bertz CT molecular complexity index is 867. The third kappa shape index (κ3) is 4.29. The SMILES string of the molecule is COc1cccc([C@@H]2CN(C(=O)Cc3ccccc3)[C@@H]3CCCCC(=O)N[C@H]32)c1. The van der Waals surface area contributed by atoms with E-state index in [1.165, 1.54) is 0 Å². The molecule has 0 aromatic heterocycles. The summed E-state index contributed by atoms with van der Waals surface area (Å²) in [5.74, 6) is 1.08. The van der Waals surface area contributed by atoms with E-state index in [1.807, 2.05) is 53.4 Å². The molecule has 2 amide bonds. The van der Waals surface area contributed by atoms with E-state index < -0.39 is 0 Å². The number of carbonyl (C=O) groups is 2. The first-order valence-electron chi connectivity index (χ1n) is 10.4. The summed E-state index contributed by atoms with van der Waals surface area (Å²) in [5, 5.41) is 3.24. The number of likely N-dealkylation sites (tertiary alicyclic amines) is 1. The first-order chi connectivity index (χ1) is 14.2. The number of hydrogen-bond donors (Lipinski definition) is 1. The minimum Gasteiger partial charge on any atom is -0.497 e. The minimum absolute atomic E-state index is 0.0339. The van der Waals surface area contributed by atoms with Gasteiger partial charge in [-0.2, -0.15) is 0 Å². The molecule has 2 aliphatic heterocycles. The third-order valence-corrected chi connectivity index (χ3v) is 6.16. The van der Waals surface area contributed by atoms with Crippen LogP contribution < -0.4 is 10.1 Å². The molecule has 29 heavy (non-hydrogen) atoms. The molecular formula is C24H28N2O3. The molecule has 0 aliphatic carbocycles. The standard InChI is InChI=1S/C24H28N2O3/c1-29-19-11-7-10-18(15-19)20-16-26(23(28)14-17-8-3-2-4-9-17)21-12-5-6-13-22(27)25-24(20)21/h2-4,7-11,15,20-21,24H,5-6,12-14,16H2,1H3,(H,25,27)/t20-,21+,24-/m0/s1. The van der Waals surface area contributed by atoms with Crippen LogP contribution in [0.15, 0.2) is 54.6 Å². The zero-order valence-corrected chi connectivity index (χ0v) is 16.8. The van der Waals surface area contributed by atoms with Crippen LogP contribution in [-0.4, -0.2) is 42.5 Å². The molecule has 0 unspecified atom stereocenters. The van der Waals surface area contributed by atoms with Crippen LogP contribution in [0.4, 0.5) is 0 Å². The molecule has 2 fully saturated rings. The van der Waals surface area contributed by atoms with E-state index in [0.717, 1.165) is 36.1 Å². The zero-order valence-electron chi connectivity index (χ0n) is 16.8. The van der Waals surface area contributed by atoms with Crippen molar-refractivity contribution >= 4 is 11.8 Å². The van der Waals surface area contributed by atoms with Crippen molar-refractivity contribution in [1.82, 2.24) is 10.2 Å². The number of ether oxygens (including phenoxy) is 1. The molecule has 0 saturated carbocycles. The van der Waals surface area contributed by atoms with Crippen molar-refractivity contribution in [3.05, 3.63) is 65.7 Å². The molecule has 2 aromatic rings. The van der Waals surface area contributed by atoms with Gasteiger partial charge in [-0.15, -0.1) is 0 Å². The number of fused-ring (bicyclic) bond motifs is 1. The molecule has 0 radical (unpaired) electrons. The predicted molar refractivity (Wildman–Crippen MR) is 112 cm³/mol. The lowest BCUT2D eigenvalue weighted by Gasteiger charge is -2.31. The fourth-order valence-electron chi connectivity index (χ4n) is 4.70. The number of benzene rings is 2. The van der Waals surface area contributed by atoms with Crippen molar-refractivity contribution in [2.75, 3.05) is 13.7 Å². The van der Waals surface area contributed by atoms with Gasteiger partial charge in [-0.3, -0.25) is 9.59 Å². The van der Waals surface area contributed by atoms with Gasteiger partial charge in [-0.25, -0.2) is 0 Å². The Labute approximate surface area is 172 Å². The van der Waals surface area contributed by atoms with Crippen LogP contribution in [0.3, 0.4) is 0 Å². The Balaban J connectivity index is 1.63. The minimum atomic E-state index is -0.0605. The predicted octanol–water partition coefficient (Wildman–Crippen LogP) is 3.29. The van der Waals surface area contributed by atoms with E-state index in [9.17, 15) is 9.59 Å². The van der Waals surface area contributed by atoms with Crippen molar-refractivity contribution in [3.8, 4) is 5.75 Å². The Morgan fingerprint density at radius 2 is 1.97 bits per heavy atom. The summed E-state index contributed by atoms with van der Waals surface area (Å²) < 4.78 is 5.40. The van der Waals surface area contributed by atoms with E-state index in [-0.39, 0.29) is 29.8 Å². The number of methoxy groups -OCH3 is 1. The summed E-state index contributed by atoms with van der Waals surface area (Å²) in [7, 11) is 1.66. The van der Waals surface area contributed by atoms with Gasteiger partial charge < -0.3 is 15.0 Å². The molecule has 152 valence electrons. The number of carbonyl (C=O) groups excluding carboxylic acids is 2. The maximum Gasteiger partial charge on any atom is 0.227 e. The molecule has 5 heteroatoms. The summed E-state index contributed by atoms with van der Waals surface area (Å²) in [6, 6.07) is 17.8. The van der Waals surface area contributed by atoms with Gasteiger partial charge in [0.15, 0.2) is 0 Å². The number of nitrogens with zero attached hydrogens (tertiary/aromatic N) is 1. The molecule has 2 heterocycles. The third-order valence-electron chi connectivity index (χ3n) is 6.16. The van der Waals surface area contributed by atoms with Gasteiger partial charge in [0.2, 0.25) is 11.8 Å². The molecule has 0 spiro atoms. The number of hydrogen-bond acceptors (Lipinski definition) is 3. The van der Waals surface area contributed by atoms with E-state index in [1.54, 1.807) is 7.11 Å². The maximum atomic E-state index is 13.2. The lowest BCUT2D eigenvalue weighted by molar-refractivity contribution is -0.132. The summed E-state index contributed by atoms with van der Waals surface area (Å²) in [5.41, 5.74) is 2.13. The molecule has 4 rings (SSSR count). The zero-order chi connectivity index (χ0) is 20.2. The average Bonchev–Trinajstić information content (AvgIpc) is 3.08. The van der Waals surface area contributed by atoms with Gasteiger partial charge in [-0.1, -0.05) is 48.9 Å². The Morgan fingerprint density at radius 3 is 2.76 bits per heavy atom. The van der Waals surface area contributed by atoms with Crippen molar-refractivity contribution < 1.29 is 14.3 Å². The van der Waals surface area contributed by atoms with E-state index in [2.05, 4.69) is 11.4 Å². The van der Waals surface area contributed by atoms with Gasteiger partial charge in [0, 0.05) is 18.9 Å². The molecular weight excluding hydrogens is 364 g/mol. The second-order valence-electron chi connectivity index (χ2n) is 8.00. The number of nitrogens with one attached hydrogen (secondary N) is 1. The molecule has 2 aliphatic rings. The van der Waals surface area contributed by atoms with Gasteiger partial charge in [0.05, 0.1) is 25.6 Å². The highest BCUT2D eigenvalue weighted by Gasteiger charge is 2.45. The highest BCUT2D eigenvalue weighted by molar-refractivity contribution is 5.81. The normalized spacial score (nSPS) is 24.2. The van der Waals surface area contributed by atoms with E-state index in [0.29, 0.717) is 19.4 Å². The van der Waals surface area contributed by atoms with Crippen molar-refractivity contribution in [1.29, 1.82) is 0 Å². The molecule has 2 aromatic carbocycles. The first-order valence-corrected chi connectivity index (χ1v) is 10.4. The number of rotatable bonds is 4. The van der Waals surface area contributed by atoms with Gasteiger partial charge in [0.25, 0.3) is 0 Å². The maximum absolute atomic E-state index is 13.2. The number of amides is 2. The topological polar surface area (TPSA) is 58.6 Å². The molecule has 3 atom stereocenters. The Hall–Kier alpha value is -2.82. The fourth-order valence-corrected chi connectivity index (χ4v) is 4.70. The summed E-state index contributed by atoms with van der Waals surface area (Å²) in [4.78, 5) is 27.7. The molecule has 2 saturated heterocycles. The van der Waals surface area contributed by atoms with Crippen LogP contribution in [-0.2, 0) is 16.0 Å². The highest BCUT2D eigenvalue weighted by Crippen LogP contribution is 2.37. The first kappa shape index (κ1) is 19.5. The van der Waals surface area contributed by atoms with Crippen LogP contribution in [0.5, 0.6) is 5.75 Å². The molecule has 5 nitrogen and oxygen atoms in total. The second kappa shape index (κ2) is 8.68. The summed E-state index contributed by atoms with van der Waals surface area (Å²) in [6.07, 6.45) is 3.72. The Kier molecular flexibility index (Phi) is 5.84. The fraction of sp³-hybridized carbons (Fsp3) is 0.417. The smallest absolute Gasteiger partial charge is 0.227 e. The van der Waals surface area contributed by atoms with Crippen molar-refractivity contribution in [2.45, 2.75) is 50.1 Å². The highest BCUT2D eigenvalue weighted by atomic mass is 16.5. The summed E-state index contributed by atoms with van der Waals surface area (Å²) >= 11 is 0. The molecule has 1 N–H and O–H groups in total. The van der Waals surface area contributed by atoms with Crippen LogP contribution in [0, 0.1) is 0 Å². The second-order valence-corrected chi connectivity index (χ2v) is 8.00. The van der Waals surface area contributed by atoms with E-state index in [4.69, 9.17) is 4.74 Å². The Morgan fingerprint density at radius 1 is 1.14 bits per heavy atom. The quantitative estimate of drug-likeness (QED) is 0.869. The van der Waals surface area contributed by atoms with Crippen molar-refractivity contribution in [3.63, 3.8) is 0 Å². The average molecular weight is 392 g/mol. The van der Waals surface area contributed by atoms with Crippen LogP contribution >= 0.6 is 0 Å². The lowest BCUT2D eigenvalue weighted by Crippen LogP contribution is -2.49. The van der Waals surface area contributed by atoms with Gasteiger partial charge in [-0.05, 0) is 36.1 Å². The monoisotopic (exact) mass is 392 g/mol. The van der Waals surface area contributed by atoms with Crippen molar-refractivity contribution in [2.24, 2.45) is 0 Å². The van der Waals surface area contributed by atoms with Crippen LogP contribution in [0.25, 0.3) is 0 Å². The van der Waals surface area contributed by atoms with E-state index >= 15 is 0 Å². The lowest BCUT2D eigenvalue weighted by atomic mass is 9.88. The van der Waals surface area contributed by atoms with Crippen LogP contribution in [0.1, 0.15) is 42.7 Å². The molecule has 0 bridgehead atoms. The summed E-state index contributed by atoms with van der Waals surface area (Å²) in [6.45, 7) is 0.619. The van der Waals surface area contributed by atoms with Gasteiger partial charge in [0.1, 0.15) is 5.75 Å². The van der Waals surface area contributed by atoms with Crippen LogP contribution in [0.2, 0.25) is 0 Å². The van der Waals surface area contributed by atoms with Gasteiger partial charge >= 0.3 is 0 Å². The largest absolute Gasteiger partial charge is 0.497 e.